The van der Waals surface area contributed by atoms with Crippen molar-refractivity contribution in [3.8, 4) is 0 Å². The van der Waals surface area contributed by atoms with Crippen LogP contribution in [0.1, 0.15) is 32.1 Å². The van der Waals surface area contributed by atoms with Crippen molar-refractivity contribution in [2.75, 3.05) is 18.0 Å². The number of carbonyl (C=O) groups is 2. The van der Waals surface area contributed by atoms with Crippen LogP contribution in [0.2, 0.25) is 5.02 Å². The summed E-state index contributed by atoms with van der Waals surface area (Å²) in [6, 6.07) is 5.64. The number of rotatable bonds is 4. The Morgan fingerprint density at radius 2 is 2.00 bits per heavy atom. The number of amides is 1. The highest BCUT2D eigenvalue weighted by atomic mass is 35.5. The van der Waals surface area contributed by atoms with Gasteiger partial charge in [-0.15, -0.1) is 0 Å². The molecule has 0 bridgehead atoms. The smallest absolute Gasteiger partial charge is 0.308 e. The van der Waals surface area contributed by atoms with Gasteiger partial charge in [0.05, 0.1) is 5.92 Å². The number of aromatic nitrogens is 1. The number of oxazole rings is 1. The molecule has 2 heterocycles. The average molecular weight is 392 g/mol. The van der Waals surface area contributed by atoms with E-state index < -0.39 is 11.9 Å². The number of carboxylic acids is 1. The van der Waals surface area contributed by atoms with Crippen molar-refractivity contribution in [3.63, 3.8) is 0 Å². The van der Waals surface area contributed by atoms with E-state index in [1.807, 2.05) is 4.90 Å². The SMILES string of the molecule is O=C(N[C@@H]1CCC[C@@H]1C(=O)O)C1CCN(c2nc3cc(Cl)ccc3o2)CC1. The zero-order valence-electron chi connectivity index (χ0n) is 14.9. The Morgan fingerprint density at radius 3 is 2.74 bits per heavy atom. The van der Waals surface area contributed by atoms with Gasteiger partial charge in [-0.1, -0.05) is 18.0 Å². The molecule has 2 aromatic rings. The molecule has 1 amide bonds. The normalized spacial score (nSPS) is 23.7. The first-order valence-electron chi connectivity index (χ1n) is 9.35. The van der Waals surface area contributed by atoms with Crippen molar-refractivity contribution in [2.45, 2.75) is 38.1 Å². The minimum atomic E-state index is -0.816. The van der Waals surface area contributed by atoms with Gasteiger partial charge in [-0.2, -0.15) is 4.98 Å². The van der Waals surface area contributed by atoms with E-state index in [0.717, 1.165) is 18.4 Å². The van der Waals surface area contributed by atoms with E-state index in [4.69, 9.17) is 16.0 Å². The number of anilines is 1. The molecule has 2 aliphatic rings. The van der Waals surface area contributed by atoms with Crippen LogP contribution in [0.3, 0.4) is 0 Å². The monoisotopic (exact) mass is 391 g/mol. The lowest BCUT2D eigenvalue weighted by Crippen LogP contribution is -2.46. The molecule has 1 saturated carbocycles. The van der Waals surface area contributed by atoms with Gasteiger partial charge in [0.25, 0.3) is 6.01 Å². The van der Waals surface area contributed by atoms with Gasteiger partial charge in [-0.3, -0.25) is 9.59 Å². The number of carbonyl (C=O) groups excluding carboxylic acids is 1. The van der Waals surface area contributed by atoms with Crippen LogP contribution in [0.4, 0.5) is 6.01 Å². The van der Waals surface area contributed by atoms with Crippen LogP contribution in [0.5, 0.6) is 0 Å². The molecular weight excluding hydrogens is 370 g/mol. The minimum absolute atomic E-state index is 0.0304. The van der Waals surface area contributed by atoms with Gasteiger partial charge in [0.15, 0.2) is 5.58 Å². The van der Waals surface area contributed by atoms with Gasteiger partial charge in [0.1, 0.15) is 5.52 Å². The molecule has 1 saturated heterocycles. The quantitative estimate of drug-likeness (QED) is 0.831. The standard InChI is InChI=1S/C19H22ClN3O4/c20-12-4-5-16-15(10-12)22-19(27-16)23-8-6-11(7-9-23)17(24)21-14-3-1-2-13(14)18(25)26/h4-5,10-11,13-14H,1-3,6-9H2,(H,21,24)(H,25,26)/t13-,14+/m0/s1. The maximum atomic E-state index is 12.6. The molecule has 2 atom stereocenters. The second-order valence-electron chi connectivity index (χ2n) is 7.36. The summed E-state index contributed by atoms with van der Waals surface area (Å²) in [6.07, 6.45) is 3.61. The van der Waals surface area contributed by atoms with E-state index in [1.165, 1.54) is 0 Å². The number of fused-ring (bicyclic) bond motifs is 1. The highest BCUT2D eigenvalue weighted by Gasteiger charge is 2.36. The zero-order valence-corrected chi connectivity index (χ0v) is 15.6. The first kappa shape index (κ1) is 18.1. The third-order valence-electron chi connectivity index (χ3n) is 5.64. The summed E-state index contributed by atoms with van der Waals surface area (Å²) in [5.41, 5.74) is 1.41. The molecular formula is C19H22ClN3O4. The number of hydrogen-bond donors (Lipinski definition) is 2. The van der Waals surface area contributed by atoms with Gasteiger partial charge in [-0.05, 0) is 43.9 Å². The molecule has 2 fully saturated rings. The van der Waals surface area contributed by atoms with Crippen LogP contribution in [0.15, 0.2) is 22.6 Å². The Morgan fingerprint density at radius 1 is 1.22 bits per heavy atom. The molecule has 144 valence electrons. The van der Waals surface area contributed by atoms with E-state index in [0.29, 0.717) is 49.0 Å². The number of benzene rings is 1. The van der Waals surface area contributed by atoms with Crippen molar-refractivity contribution in [3.05, 3.63) is 23.2 Å². The fourth-order valence-corrected chi connectivity index (χ4v) is 4.25. The lowest BCUT2D eigenvalue weighted by atomic mass is 9.95. The summed E-state index contributed by atoms with van der Waals surface area (Å²) < 4.78 is 5.80. The molecule has 1 aromatic carbocycles. The summed E-state index contributed by atoms with van der Waals surface area (Å²) >= 11 is 5.99. The summed E-state index contributed by atoms with van der Waals surface area (Å²) in [6.45, 7) is 1.34. The molecule has 1 aromatic heterocycles. The Labute approximate surface area is 161 Å². The molecule has 8 heteroatoms. The van der Waals surface area contributed by atoms with Crippen LogP contribution < -0.4 is 10.2 Å². The number of aliphatic carboxylic acids is 1. The molecule has 27 heavy (non-hydrogen) atoms. The Hall–Kier alpha value is -2.28. The van der Waals surface area contributed by atoms with Crippen LogP contribution in [-0.4, -0.2) is 41.1 Å². The third kappa shape index (κ3) is 3.74. The average Bonchev–Trinajstić information content (AvgIpc) is 3.28. The van der Waals surface area contributed by atoms with Crippen LogP contribution in [0.25, 0.3) is 11.1 Å². The van der Waals surface area contributed by atoms with E-state index in [9.17, 15) is 14.7 Å². The predicted molar refractivity (Wildman–Crippen MR) is 101 cm³/mol. The summed E-state index contributed by atoms with van der Waals surface area (Å²) in [5, 5.41) is 12.8. The zero-order chi connectivity index (χ0) is 19.0. The van der Waals surface area contributed by atoms with Crippen molar-refractivity contribution in [1.29, 1.82) is 0 Å². The Kier molecular flexibility index (Phi) is 4.95. The summed E-state index contributed by atoms with van der Waals surface area (Å²) in [7, 11) is 0. The van der Waals surface area contributed by atoms with Gasteiger partial charge in [0.2, 0.25) is 5.91 Å². The fraction of sp³-hybridized carbons (Fsp3) is 0.526. The lowest BCUT2D eigenvalue weighted by molar-refractivity contribution is -0.142. The molecule has 1 aliphatic carbocycles. The highest BCUT2D eigenvalue weighted by molar-refractivity contribution is 6.31. The number of hydrogen-bond acceptors (Lipinski definition) is 5. The van der Waals surface area contributed by atoms with Gasteiger partial charge in [0, 0.05) is 30.1 Å². The van der Waals surface area contributed by atoms with E-state index in [2.05, 4.69) is 10.3 Å². The highest BCUT2D eigenvalue weighted by Crippen LogP contribution is 2.29. The summed E-state index contributed by atoms with van der Waals surface area (Å²) in [4.78, 5) is 30.4. The Balaban J connectivity index is 1.35. The van der Waals surface area contributed by atoms with Crippen LogP contribution in [-0.2, 0) is 9.59 Å². The number of piperidine rings is 1. The first-order valence-corrected chi connectivity index (χ1v) is 9.73. The fourth-order valence-electron chi connectivity index (χ4n) is 4.09. The molecule has 7 nitrogen and oxygen atoms in total. The van der Waals surface area contributed by atoms with Gasteiger partial charge < -0.3 is 19.7 Å². The first-order chi connectivity index (χ1) is 13.0. The largest absolute Gasteiger partial charge is 0.481 e. The van der Waals surface area contributed by atoms with E-state index in [1.54, 1.807) is 18.2 Å². The number of nitrogens with zero attached hydrogens (tertiary/aromatic N) is 2. The lowest BCUT2D eigenvalue weighted by Gasteiger charge is -2.31. The minimum Gasteiger partial charge on any atom is -0.481 e. The van der Waals surface area contributed by atoms with Crippen molar-refractivity contribution in [1.82, 2.24) is 10.3 Å². The van der Waals surface area contributed by atoms with Crippen LogP contribution >= 0.6 is 11.6 Å². The van der Waals surface area contributed by atoms with Crippen molar-refractivity contribution < 1.29 is 19.1 Å². The van der Waals surface area contributed by atoms with Crippen molar-refractivity contribution in [2.24, 2.45) is 11.8 Å². The Bertz CT molecular complexity index is 860. The molecule has 0 radical (unpaired) electrons. The predicted octanol–water partition coefficient (Wildman–Crippen LogP) is 3.07. The van der Waals surface area contributed by atoms with Gasteiger partial charge >= 0.3 is 5.97 Å². The molecule has 4 rings (SSSR count). The third-order valence-corrected chi connectivity index (χ3v) is 5.87. The number of halogens is 1. The second-order valence-corrected chi connectivity index (χ2v) is 7.80. The summed E-state index contributed by atoms with van der Waals surface area (Å²) in [5.74, 6) is -1.41. The van der Waals surface area contributed by atoms with Crippen molar-refractivity contribution >= 4 is 40.6 Å². The molecule has 1 aliphatic heterocycles. The number of carboxylic acid groups (broad SMARTS) is 1. The topological polar surface area (TPSA) is 95.7 Å². The molecule has 0 unspecified atom stereocenters. The number of nitrogens with one attached hydrogen (secondary N) is 1. The van der Waals surface area contributed by atoms with E-state index >= 15 is 0 Å². The van der Waals surface area contributed by atoms with E-state index in [-0.39, 0.29) is 17.9 Å². The molecule has 0 spiro atoms. The maximum absolute atomic E-state index is 12.6. The maximum Gasteiger partial charge on any atom is 0.308 e. The van der Waals surface area contributed by atoms with Gasteiger partial charge in [-0.25, -0.2) is 0 Å². The molecule has 2 N–H and O–H groups in total. The second kappa shape index (κ2) is 7.38. The van der Waals surface area contributed by atoms with Crippen LogP contribution in [0, 0.1) is 11.8 Å².